The van der Waals surface area contributed by atoms with Gasteiger partial charge in [-0.1, -0.05) is 12.1 Å². The summed E-state index contributed by atoms with van der Waals surface area (Å²) in [5, 5.41) is 2.78. The summed E-state index contributed by atoms with van der Waals surface area (Å²) >= 11 is 0. The highest BCUT2D eigenvalue weighted by atomic mass is 19.1. The molecule has 1 N–H and O–H groups in total. The van der Waals surface area contributed by atoms with Crippen molar-refractivity contribution in [3.63, 3.8) is 0 Å². The molecule has 142 valence electrons. The maximum absolute atomic E-state index is 13.3. The van der Waals surface area contributed by atoms with E-state index in [0.29, 0.717) is 35.2 Å². The van der Waals surface area contributed by atoms with E-state index in [1.54, 1.807) is 18.2 Å². The van der Waals surface area contributed by atoms with Crippen molar-refractivity contribution in [3.8, 4) is 0 Å². The minimum absolute atomic E-state index is 0.272. The molecule has 1 atom stereocenters. The molecule has 7 heteroatoms. The van der Waals surface area contributed by atoms with Crippen molar-refractivity contribution in [1.29, 1.82) is 0 Å². The summed E-state index contributed by atoms with van der Waals surface area (Å²) in [6, 6.07) is 10.00. The van der Waals surface area contributed by atoms with Crippen LogP contribution in [0.25, 0.3) is 11.0 Å². The fraction of sp³-hybridized carbons (Fsp3) is 0.238. The SMILES string of the molecule is Cc1nc2ccc(C(=O)N3CCNC(=O)[C@@H]3c3ccc(F)cc3)cc2nc1C. The van der Waals surface area contributed by atoms with Gasteiger partial charge in [-0.2, -0.15) is 0 Å². The van der Waals surface area contributed by atoms with Crippen molar-refractivity contribution in [3.05, 3.63) is 70.8 Å². The highest BCUT2D eigenvalue weighted by Crippen LogP contribution is 2.26. The molecule has 0 spiro atoms. The Morgan fingerprint density at radius 1 is 1.07 bits per heavy atom. The van der Waals surface area contributed by atoms with Crippen LogP contribution in [0.3, 0.4) is 0 Å². The summed E-state index contributed by atoms with van der Waals surface area (Å²) in [5.41, 5.74) is 4.00. The molecule has 0 saturated carbocycles. The highest BCUT2D eigenvalue weighted by Gasteiger charge is 2.34. The Morgan fingerprint density at radius 2 is 1.75 bits per heavy atom. The first-order valence-corrected chi connectivity index (χ1v) is 9.03. The fourth-order valence-electron chi connectivity index (χ4n) is 3.39. The zero-order valence-corrected chi connectivity index (χ0v) is 15.6. The molecule has 28 heavy (non-hydrogen) atoms. The van der Waals surface area contributed by atoms with E-state index in [9.17, 15) is 14.0 Å². The van der Waals surface area contributed by atoms with Crippen LogP contribution >= 0.6 is 0 Å². The third kappa shape index (κ3) is 3.19. The van der Waals surface area contributed by atoms with Gasteiger partial charge in [0.2, 0.25) is 5.91 Å². The van der Waals surface area contributed by atoms with Gasteiger partial charge in [-0.3, -0.25) is 9.59 Å². The second-order valence-electron chi connectivity index (χ2n) is 6.84. The van der Waals surface area contributed by atoms with E-state index >= 15 is 0 Å². The van der Waals surface area contributed by atoms with Gasteiger partial charge in [0.25, 0.3) is 5.91 Å². The van der Waals surface area contributed by atoms with Crippen LogP contribution < -0.4 is 5.32 Å². The monoisotopic (exact) mass is 378 g/mol. The van der Waals surface area contributed by atoms with E-state index in [1.807, 2.05) is 13.8 Å². The zero-order chi connectivity index (χ0) is 19.8. The predicted molar refractivity (Wildman–Crippen MR) is 102 cm³/mol. The molecule has 4 rings (SSSR count). The number of carbonyl (C=O) groups excluding carboxylic acids is 2. The average molecular weight is 378 g/mol. The average Bonchev–Trinajstić information content (AvgIpc) is 2.69. The Balaban J connectivity index is 1.72. The molecular weight excluding hydrogens is 359 g/mol. The number of rotatable bonds is 2. The van der Waals surface area contributed by atoms with Crippen LogP contribution in [-0.2, 0) is 4.79 Å². The lowest BCUT2D eigenvalue weighted by molar-refractivity contribution is -0.128. The molecule has 2 amide bonds. The van der Waals surface area contributed by atoms with E-state index in [-0.39, 0.29) is 11.8 Å². The Bertz CT molecular complexity index is 1080. The normalized spacial score (nSPS) is 16.9. The number of aryl methyl sites for hydroxylation is 2. The number of halogens is 1. The smallest absolute Gasteiger partial charge is 0.254 e. The molecule has 1 aliphatic heterocycles. The van der Waals surface area contributed by atoms with Gasteiger partial charge in [0.15, 0.2) is 0 Å². The second-order valence-corrected chi connectivity index (χ2v) is 6.84. The lowest BCUT2D eigenvalue weighted by atomic mass is 10.0. The standard InChI is InChI=1S/C21H19FN4O2/c1-12-13(2)25-18-11-15(5-8-17(18)24-12)21(28)26-10-9-23-20(27)19(26)14-3-6-16(22)7-4-14/h3-8,11,19H,9-10H2,1-2H3,(H,23,27)/t19-/m0/s1. The van der Waals surface area contributed by atoms with Crippen molar-refractivity contribution in [2.24, 2.45) is 0 Å². The summed E-state index contributed by atoms with van der Waals surface area (Å²) in [5.74, 6) is -0.944. The molecule has 1 aliphatic rings. The van der Waals surface area contributed by atoms with Gasteiger partial charge < -0.3 is 10.2 Å². The largest absolute Gasteiger partial charge is 0.352 e. The number of nitrogens with one attached hydrogen (secondary N) is 1. The molecule has 6 nitrogen and oxygen atoms in total. The van der Waals surface area contributed by atoms with E-state index in [0.717, 1.165) is 11.4 Å². The number of hydrogen-bond acceptors (Lipinski definition) is 4. The van der Waals surface area contributed by atoms with Crippen LogP contribution in [-0.4, -0.2) is 39.8 Å². The first-order valence-electron chi connectivity index (χ1n) is 9.03. The number of amides is 2. The molecule has 0 aliphatic carbocycles. The van der Waals surface area contributed by atoms with Crippen LogP contribution in [0.5, 0.6) is 0 Å². The maximum atomic E-state index is 13.3. The Hall–Kier alpha value is -3.35. The topological polar surface area (TPSA) is 75.2 Å². The second kappa shape index (κ2) is 6.99. The van der Waals surface area contributed by atoms with E-state index in [2.05, 4.69) is 15.3 Å². The molecule has 3 aromatic rings. The van der Waals surface area contributed by atoms with Gasteiger partial charge in [0.05, 0.1) is 22.4 Å². The number of fused-ring (bicyclic) bond motifs is 1. The van der Waals surface area contributed by atoms with E-state index in [4.69, 9.17) is 0 Å². The molecular formula is C21H19FN4O2. The van der Waals surface area contributed by atoms with Gasteiger partial charge in [0.1, 0.15) is 11.9 Å². The Kier molecular flexibility index (Phi) is 4.50. The number of nitrogens with zero attached hydrogens (tertiary/aromatic N) is 3. The summed E-state index contributed by atoms with van der Waals surface area (Å²) < 4.78 is 13.3. The van der Waals surface area contributed by atoms with E-state index < -0.39 is 11.9 Å². The predicted octanol–water partition coefficient (Wildman–Crippen LogP) is 2.70. The van der Waals surface area contributed by atoms with Gasteiger partial charge in [-0.15, -0.1) is 0 Å². The van der Waals surface area contributed by atoms with Gasteiger partial charge in [0, 0.05) is 18.7 Å². The Labute approximate surface area is 161 Å². The van der Waals surface area contributed by atoms with E-state index in [1.165, 1.54) is 29.2 Å². The molecule has 0 unspecified atom stereocenters. The van der Waals surface area contributed by atoms with Gasteiger partial charge in [-0.05, 0) is 49.7 Å². The van der Waals surface area contributed by atoms with Crippen LogP contribution in [0.2, 0.25) is 0 Å². The third-order valence-electron chi connectivity index (χ3n) is 4.98. The van der Waals surface area contributed by atoms with Crippen LogP contribution in [0, 0.1) is 19.7 Å². The zero-order valence-electron chi connectivity index (χ0n) is 15.6. The van der Waals surface area contributed by atoms with Crippen molar-refractivity contribution in [1.82, 2.24) is 20.2 Å². The first kappa shape index (κ1) is 18.0. The van der Waals surface area contributed by atoms with Crippen molar-refractivity contribution >= 4 is 22.8 Å². The number of hydrogen-bond donors (Lipinski definition) is 1. The van der Waals surface area contributed by atoms with Gasteiger partial charge in [-0.25, -0.2) is 14.4 Å². The van der Waals surface area contributed by atoms with Crippen molar-refractivity contribution in [2.75, 3.05) is 13.1 Å². The van der Waals surface area contributed by atoms with Gasteiger partial charge >= 0.3 is 0 Å². The van der Waals surface area contributed by atoms with Crippen molar-refractivity contribution in [2.45, 2.75) is 19.9 Å². The van der Waals surface area contributed by atoms with Crippen LogP contribution in [0.15, 0.2) is 42.5 Å². The van der Waals surface area contributed by atoms with Crippen molar-refractivity contribution < 1.29 is 14.0 Å². The Morgan fingerprint density at radius 3 is 2.46 bits per heavy atom. The highest BCUT2D eigenvalue weighted by molar-refractivity contribution is 6.00. The quantitative estimate of drug-likeness (QED) is 0.744. The van der Waals surface area contributed by atoms with Crippen LogP contribution in [0.1, 0.15) is 33.4 Å². The number of carbonyl (C=O) groups is 2. The summed E-state index contributed by atoms with van der Waals surface area (Å²) in [7, 11) is 0. The lowest BCUT2D eigenvalue weighted by Gasteiger charge is -2.35. The number of benzene rings is 2. The number of aromatic nitrogens is 2. The summed E-state index contributed by atoms with van der Waals surface area (Å²) in [4.78, 5) is 36.2. The molecule has 0 bridgehead atoms. The molecule has 0 radical (unpaired) electrons. The molecule has 1 aromatic heterocycles. The number of piperazine rings is 1. The minimum Gasteiger partial charge on any atom is -0.352 e. The third-order valence-corrected chi connectivity index (χ3v) is 4.98. The fourth-order valence-corrected chi connectivity index (χ4v) is 3.39. The molecule has 2 aromatic carbocycles. The summed E-state index contributed by atoms with van der Waals surface area (Å²) in [6.07, 6.45) is 0. The molecule has 1 fully saturated rings. The lowest BCUT2D eigenvalue weighted by Crippen LogP contribution is -2.52. The first-order chi connectivity index (χ1) is 13.4. The molecule has 1 saturated heterocycles. The summed E-state index contributed by atoms with van der Waals surface area (Å²) in [6.45, 7) is 4.49. The maximum Gasteiger partial charge on any atom is 0.254 e. The van der Waals surface area contributed by atoms with Crippen LogP contribution in [0.4, 0.5) is 4.39 Å². The minimum atomic E-state index is -0.802. The molecule has 2 heterocycles.